The molecule has 2 rings (SSSR count). The van der Waals surface area contributed by atoms with Crippen molar-refractivity contribution in [2.75, 3.05) is 6.54 Å². The zero-order chi connectivity index (χ0) is 17.0. The number of carbonyl (C=O) groups is 1. The molecule has 2 N–H and O–H groups in total. The van der Waals surface area contributed by atoms with Gasteiger partial charge < -0.3 is 15.0 Å². The molecule has 0 fully saturated rings. The van der Waals surface area contributed by atoms with Crippen LogP contribution in [-0.4, -0.2) is 22.1 Å². The van der Waals surface area contributed by atoms with Crippen molar-refractivity contribution in [3.05, 3.63) is 40.2 Å². The SMILES string of the molecule is CC(C)CNC(=O)c1c(O)c2ccccc2n(CCC#N)c1=O. The second-order valence-electron chi connectivity index (χ2n) is 5.71. The number of pyridine rings is 1. The van der Waals surface area contributed by atoms with Crippen molar-refractivity contribution in [3.8, 4) is 11.8 Å². The van der Waals surface area contributed by atoms with E-state index in [1.54, 1.807) is 24.3 Å². The summed E-state index contributed by atoms with van der Waals surface area (Å²) < 4.78 is 1.36. The van der Waals surface area contributed by atoms with Gasteiger partial charge in [0.15, 0.2) is 0 Å². The number of nitrogens with one attached hydrogen (secondary N) is 1. The number of para-hydroxylation sites is 1. The number of carbonyl (C=O) groups excluding carboxylic acids is 1. The highest BCUT2D eigenvalue weighted by Gasteiger charge is 2.21. The summed E-state index contributed by atoms with van der Waals surface area (Å²) in [4.78, 5) is 24.9. The lowest BCUT2D eigenvalue weighted by atomic mass is 10.1. The summed E-state index contributed by atoms with van der Waals surface area (Å²) in [5, 5.41) is 22.2. The molecule has 0 atom stereocenters. The van der Waals surface area contributed by atoms with Gasteiger partial charge in [0, 0.05) is 18.5 Å². The van der Waals surface area contributed by atoms with Crippen LogP contribution in [0.5, 0.6) is 5.75 Å². The van der Waals surface area contributed by atoms with E-state index in [0.29, 0.717) is 17.4 Å². The minimum Gasteiger partial charge on any atom is -0.506 e. The van der Waals surface area contributed by atoms with Crippen LogP contribution < -0.4 is 10.9 Å². The number of fused-ring (bicyclic) bond motifs is 1. The highest BCUT2D eigenvalue weighted by Crippen LogP contribution is 2.26. The summed E-state index contributed by atoms with van der Waals surface area (Å²) >= 11 is 0. The van der Waals surface area contributed by atoms with Crippen molar-refractivity contribution in [3.63, 3.8) is 0 Å². The zero-order valence-corrected chi connectivity index (χ0v) is 13.2. The van der Waals surface area contributed by atoms with Gasteiger partial charge in [0.1, 0.15) is 11.3 Å². The predicted octanol–water partition coefficient (Wildman–Crippen LogP) is 2.01. The lowest BCUT2D eigenvalue weighted by molar-refractivity contribution is 0.0944. The number of rotatable bonds is 5. The molecule has 1 aromatic carbocycles. The summed E-state index contributed by atoms with van der Waals surface area (Å²) in [5.74, 6) is -0.694. The number of hydrogen-bond donors (Lipinski definition) is 2. The molecule has 0 spiro atoms. The van der Waals surface area contributed by atoms with Gasteiger partial charge in [0.25, 0.3) is 11.5 Å². The second kappa shape index (κ2) is 6.97. The van der Waals surface area contributed by atoms with Crippen molar-refractivity contribution in [1.82, 2.24) is 9.88 Å². The molecule has 120 valence electrons. The minimum atomic E-state index is -0.599. The average Bonchev–Trinajstić information content (AvgIpc) is 2.53. The zero-order valence-electron chi connectivity index (χ0n) is 13.2. The number of aromatic nitrogens is 1. The summed E-state index contributed by atoms with van der Waals surface area (Å²) in [6.45, 7) is 4.45. The molecule has 23 heavy (non-hydrogen) atoms. The van der Waals surface area contributed by atoms with Crippen LogP contribution in [0.4, 0.5) is 0 Å². The van der Waals surface area contributed by atoms with Gasteiger partial charge in [-0.3, -0.25) is 9.59 Å². The minimum absolute atomic E-state index is 0.141. The van der Waals surface area contributed by atoms with E-state index in [2.05, 4.69) is 5.32 Å². The standard InChI is InChI=1S/C17H19N3O3/c1-11(2)10-19-16(22)14-15(21)12-6-3-4-7-13(12)20(17(14)23)9-5-8-18/h3-4,6-7,11,21H,5,9-10H2,1-2H3,(H,19,22). The van der Waals surface area contributed by atoms with Crippen LogP contribution in [0.25, 0.3) is 10.9 Å². The number of nitrogens with zero attached hydrogens (tertiary/aromatic N) is 2. The van der Waals surface area contributed by atoms with Crippen molar-refractivity contribution in [1.29, 1.82) is 5.26 Å². The molecule has 6 heteroatoms. The smallest absolute Gasteiger partial charge is 0.267 e. The molecule has 6 nitrogen and oxygen atoms in total. The van der Waals surface area contributed by atoms with Gasteiger partial charge in [-0.25, -0.2) is 0 Å². The van der Waals surface area contributed by atoms with Gasteiger partial charge in [-0.2, -0.15) is 5.26 Å². The fourth-order valence-electron chi connectivity index (χ4n) is 2.36. The Bertz CT molecular complexity index is 831. The van der Waals surface area contributed by atoms with E-state index in [-0.39, 0.29) is 30.2 Å². The molecular weight excluding hydrogens is 294 g/mol. The van der Waals surface area contributed by atoms with E-state index in [1.165, 1.54) is 4.57 Å². The van der Waals surface area contributed by atoms with Crippen LogP contribution in [0.2, 0.25) is 0 Å². The van der Waals surface area contributed by atoms with E-state index in [9.17, 15) is 14.7 Å². The van der Waals surface area contributed by atoms with E-state index >= 15 is 0 Å². The molecule has 2 aromatic rings. The third-order valence-electron chi connectivity index (χ3n) is 3.49. The maximum atomic E-state index is 12.6. The third-order valence-corrected chi connectivity index (χ3v) is 3.49. The largest absolute Gasteiger partial charge is 0.506 e. The molecule has 0 aliphatic rings. The summed E-state index contributed by atoms with van der Waals surface area (Å²) in [6.07, 6.45) is 0.141. The average molecular weight is 313 g/mol. The Morgan fingerprint density at radius 3 is 2.74 bits per heavy atom. The molecule has 0 saturated heterocycles. The fraction of sp³-hybridized carbons (Fsp3) is 0.353. The van der Waals surface area contributed by atoms with Gasteiger partial charge in [-0.15, -0.1) is 0 Å². The molecule has 0 saturated carbocycles. The Morgan fingerprint density at radius 2 is 2.09 bits per heavy atom. The van der Waals surface area contributed by atoms with Gasteiger partial charge in [-0.1, -0.05) is 26.0 Å². The molecule has 0 aliphatic carbocycles. The lowest BCUT2D eigenvalue weighted by Crippen LogP contribution is -2.35. The number of aromatic hydroxyl groups is 1. The number of amides is 1. The van der Waals surface area contributed by atoms with Crippen molar-refractivity contribution in [2.45, 2.75) is 26.8 Å². The molecule has 1 heterocycles. The first-order valence-electron chi connectivity index (χ1n) is 7.47. The maximum absolute atomic E-state index is 12.6. The number of benzene rings is 1. The first-order chi connectivity index (χ1) is 11.0. The normalized spacial score (nSPS) is 10.7. The highest BCUT2D eigenvalue weighted by molar-refractivity contribution is 6.02. The molecule has 1 amide bonds. The molecular formula is C17H19N3O3. The fourth-order valence-corrected chi connectivity index (χ4v) is 2.36. The molecule has 1 aromatic heterocycles. The van der Waals surface area contributed by atoms with Gasteiger partial charge >= 0.3 is 0 Å². The lowest BCUT2D eigenvalue weighted by Gasteiger charge is -2.14. The number of aryl methyl sites for hydroxylation is 1. The summed E-state index contributed by atoms with van der Waals surface area (Å²) in [6, 6.07) is 8.78. The Kier molecular flexibility index (Phi) is 5.02. The van der Waals surface area contributed by atoms with Crippen molar-refractivity contribution < 1.29 is 9.90 Å². The van der Waals surface area contributed by atoms with Crippen LogP contribution in [0, 0.1) is 17.2 Å². The van der Waals surface area contributed by atoms with E-state index in [0.717, 1.165) is 0 Å². The Labute approximate surface area is 134 Å². The Balaban J connectivity index is 2.63. The van der Waals surface area contributed by atoms with Gasteiger partial charge in [0.2, 0.25) is 0 Å². The Hall–Kier alpha value is -2.81. The molecule has 0 radical (unpaired) electrons. The van der Waals surface area contributed by atoms with Gasteiger partial charge in [-0.05, 0) is 18.1 Å². The summed E-state index contributed by atoms with van der Waals surface area (Å²) in [7, 11) is 0. The predicted molar refractivity (Wildman–Crippen MR) is 87.3 cm³/mol. The van der Waals surface area contributed by atoms with Gasteiger partial charge in [0.05, 0.1) is 18.0 Å². The van der Waals surface area contributed by atoms with Crippen molar-refractivity contribution in [2.24, 2.45) is 5.92 Å². The molecule has 0 bridgehead atoms. The Morgan fingerprint density at radius 1 is 1.39 bits per heavy atom. The molecule has 0 aliphatic heterocycles. The van der Waals surface area contributed by atoms with E-state index in [1.807, 2.05) is 19.9 Å². The van der Waals surface area contributed by atoms with Crippen LogP contribution >= 0.6 is 0 Å². The van der Waals surface area contributed by atoms with Crippen LogP contribution in [-0.2, 0) is 6.54 Å². The summed E-state index contributed by atoms with van der Waals surface area (Å²) in [5.41, 5.74) is -0.356. The van der Waals surface area contributed by atoms with Crippen LogP contribution in [0.1, 0.15) is 30.6 Å². The first kappa shape index (κ1) is 16.6. The molecule has 0 unspecified atom stereocenters. The third kappa shape index (κ3) is 3.34. The number of nitriles is 1. The van der Waals surface area contributed by atoms with Crippen LogP contribution in [0.3, 0.4) is 0 Å². The monoisotopic (exact) mass is 313 g/mol. The topological polar surface area (TPSA) is 95.1 Å². The first-order valence-corrected chi connectivity index (χ1v) is 7.47. The quantitative estimate of drug-likeness (QED) is 0.882. The second-order valence-corrected chi connectivity index (χ2v) is 5.71. The van der Waals surface area contributed by atoms with Crippen LogP contribution in [0.15, 0.2) is 29.1 Å². The maximum Gasteiger partial charge on any atom is 0.267 e. The van der Waals surface area contributed by atoms with E-state index in [4.69, 9.17) is 5.26 Å². The number of hydrogen-bond acceptors (Lipinski definition) is 4. The van der Waals surface area contributed by atoms with E-state index < -0.39 is 11.5 Å². The van der Waals surface area contributed by atoms with Crippen molar-refractivity contribution >= 4 is 16.8 Å². The highest BCUT2D eigenvalue weighted by atomic mass is 16.3.